The molecule has 1 aliphatic rings. The van der Waals surface area contributed by atoms with Crippen molar-refractivity contribution in [1.82, 2.24) is 4.90 Å². The van der Waals surface area contributed by atoms with E-state index in [2.05, 4.69) is 13.0 Å². The van der Waals surface area contributed by atoms with Crippen molar-refractivity contribution in [3.63, 3.8) is 0 Å². The van der Waals surface area contributed by atoms with Gasteiger partial charge in [0, 0.05) is 13.1 Å². The molecular weight excluding hydrogens is 266 g/mol. The summed E-state index contributed by atoms with van der Waals surface area (Å²) in [6.45, 7) is 9.08. The van der Waals surface area contributed by atoms with E-state index in [0.29, 0.717) is 13.1 Å². The van der Waals surface area contributed by atoms with Gasteiger partial charge in [0.2, 0.25) is 0 Å². The molecule has 1 heterocycles. The maximum absolute atomic E-state index is 12.2. The fourth-order valence-electron chi connectivity index (χ4n) is 2.71. The van der Waals surface area contributed by atoms with Gasteiger partial charge in [0.15, 0.2) is 0 Å². The fraction of sp³-hybridized carbons (Fsp3) is 0.588. The Morgan fingerprint density at radius 2 is 2.10 bits per heavy atom. The summed E-state index contributed by atoms with van der Waals surface area (Å²) in [5.41, 5.74) is 4.16. The summed E-state index contributed by atoms with van der Waals surface area (Å²) in [7, 11) is 0. The largest absolute Gasteiger partial charge is 0.444 e. The highest BCUT2D eigenvalue weighted by Gasteiger charge is 2.26. The number of fused-ring (bicyclic) bond motifs is 1. The molecule has 0 bridgehead atoms. The molecule has 0 saturated carbocycles. The predicted molar refractivity (Wildman–Crippen MR) is 82.1 cm³/mol. The van der Waals surface area contributed by atoms with E-state index in [9.17, 15) is 9.90 Å². The smallest absolute Gasteiger partial charge is 0.410 e. The van der Waals surface area contributed by atoms with E-state index >= 15 is 0 Å². The zero-order valence-electron chi connectivity index (χ0n) is 13.4. The standard InChI is InChI=1S/C17H25NO3/c1-5-13-8-12(11-19)9-14-6-7-18(10-15(13)14)16(20)21-17(2,3)4/h8-9,19H,5-7,10-11H2,1-4H3. The minimum absolute atomic E-state index is 0.0655. The van der Waals surface area contributed by atoms with E-state index in [1.807, 2.05) is 26.8 Å². The van der Waals surface area contributed by atoms with E-state index in [1.54, 1.807) is 4.90 Å². The lowest BCUT2D eigenvalue weighted by Gasteiger charge is -2.32. The Morgan fingerprint density at radius 3 is 2.67 bits per heavy atom. The van der Waals surface area contributed by atoms with Crippen LogP contribution in [-0.2, 0) is 30.7 Å². The number of benzene rings is 1. The van der Waals surface area contributed by atoms with Gasteiger partial charge >= 0.3 is 6.09 Å². The van der Waals surface area contributed by atoms with Gasteiger partial charge in [-0.15, -0.1) is 0 Å². The summed E-state index contributed by atoms with van der Waals surface area (Å²) in [6.07, 6.45) is 1.47. The summed E-state index contributed by atoms with van der Waals surface area (Å²) in [5, 5.41) is 9.34. The first-order valence-electron chi connectivity index (χ1n) is 7.56. The zero-order valence-corrected chi connectivity index (χ0v) is 13.4. The van der Waals surface area contributed by atoms with Gasteiger partial charge < -0.3 is 14.7 Å². The molecule has 1 aromatic rings. The van der Waals surface area contributed by atoms with Crippen molar-refractivity contribution in [3.8, 4) is 0 Å². The SMILES string of the molecule is CCc1cc(CO)cc2c1CN(C(=O)OC(C)(C)C)CC2. The number of rotatable bonds is 2. The second-order valence-corrected chi connectivity index (χ2v) is 6.56. The minimum atomic E-state index is -0.467. The van der Waals surface area contributed by atoms with Crippen LogP contribution in [0, 0.1) is 0 Å². The Bertz CT molecular complexity index is 514. The van der Waals surface area contributed by atoms with Crippen LogP contribution in [0.3, 0.4) is 0 Å². The number of aryl methyl sites for hydroxylation is 1. The van der Waals surface area contributed by atoms with Gasteiger partial charge in [-0.1, -0.05) is 19.1 Å². The van der Waals surface area contributed by atoms with Gasteiger partial charge in [-0.25, -0.2) is 4.79 Å². The third-order valence-corrected chi connectivity index (χ3v) is 3.71. The molecule has 0 radical (unpaired) electrons. The van der Waals surface area contributed by atoms with Crippen molar-refractivity contribution in [2.75, 3.05) is 6.54 Å². The Morgan fingerprint density at radius 1 is 1.38 bits per heavy atom. The van der Waals surface area contributed by atoms with Gasteiger partial charge in [0.05, 0.1) is 6.61 Å². The molecular formula is C17H25NO3. The molecule has 1 amide bonds. The Labute approximate surface area is 126 Å². The van der Waals surface area contributed by atoms with Crippen LogP contribution in [0.15, 0.2) is 12.1 Å². The summed E-state index contributed by atoms with van der Waals surface area (Å²) in [5.74, 6) is 0. The van der Waals surface area contributed by atoms with Crippen LogP contribution in [0.5, 0.6) is 0 Å². The molecule has 0 aromatic heterocycles. The number of carbonyl (C=O) groups is 1. The van der Waals surface area contributed by atoms with Crippen LogP contribution >= 0.6 is 0 Å². The lowest BCUT2D eigenvalue weighted by Crippen LogP contribution is -2.40. The number of hydrogen-bond acceptors (Lipinski definition) is 3. The number of nitrogens with zero attached hydrogens (tertiary/aromatic N) is 1. The Kier molecular flexibility index (Phi) is 4.57. The van der Waals surface area contributed by atoms with Gasteiger partial charge in [-0.2, -0.15) is 0 Å². The third-order valence-electron chi connectivity index (χ3n) is 3.71. The summed E-state index contributed by atoms with van der Waals surface area (Å²) in [6, 6.07) is 4.10. The molecule has 0 unspecified atom stereocenters. The van der Waals surface area contributed by atoms with E-state index in [1.165, 1.54) is 16.7 Å². The normalized spacial score (nSPS) is 14.8. The first kappa shape index (κ1) is 15.8. The van der Waals surface area contributed by atoms with Gasteiger partial charge in [0.1, 0.15) is 5.60 Å². The number of amides is 1. The highest BCUT2D eigenvalue weighted by atomic mass is 16.6. The number of hydrogen-bond donors (Lipinski definition) is 1. The third kappa shape index (κ3) is 3.76. The highest BCUT2D eigenvalue weighted by molar-refractivity contribution is 5.69. The van der Waals surface area contributed by atoms with Gasteiger partial charge in [0.25, 0.3) is 0 Å². The molecule has 1 aliphatic heterocycles. The van der Waals surface area contributed by atoms with Gasteiger partial charge in [-0.3, -0.25) is 0 Å². The molecule has 116 valence electrons. The van der Waals surface area contributed by atoms with Crippen molar-refractivity contribution in [1.29, 1.82) is 0 Å². The number of carbonyl (C=O) groups excluding carboxylic acids is 1. The summed E-state index contributed by atoms with van der Waals surface area (Å²) in [4.78, 5) is 14.0. The molecule has 0 aliphatic carbocycles. The molecule has 4 nitrogen and oxygen atoms in total. The maximum Gasteiger partial charge on any atom is 0.410 e. The van der Waals surface area contributed by atoms with Crippen molar-refractivity contribution in [2.24, 2.45) is 0 Å². The number of ether oxygens (including phenoxy) is 1. The summed E-state index contributed by atoms with van der Waals surface area (Å²) < 4.78 is 5.46. The van der Waals surface area contributed by atoms with Crippen molar-refractivity contribution < 1.29 is 14.6 Å². The van der Waals surface area contributed by atoms with E-state index in [0.717, 1.165) is 18.4 Å². The Balaban J connectivity index is 2.22. The van der Waals surface area contributed by atoms with Crippen LogP contribution in [0.25, 0.3) is 0 Å². The average Bonchev–Trinajstić information content (AvgIpc) is 2.43. The first-order chi connectivity index (χ1) is 9.84. The van der Waals surface area contributed by atoms with E-state index < -0.39 is 5.60 Å². The maximum atomic E-state index is 12.2. The van der Waals surface area contributed by atoms with Crippen molar-refractivity contribution >= 4 is 6.09 Å². The molecule has 21 heavy (non-hydrogen) atoms. The number of aliphatic hydroxyl groups excluding tert-OH is 1. The molecule has 0 atom stereocenters. The quantitative estimate of drug-likeness (QED) is 0.911. The molecule has 4 heteroatoms. The zero-order chi connectivity index (χ0) is 15.6. The first-order valence-corrected chi connectivity index (χ1v) is 7.56. The number of aliphatic hydroxyl groups is 1. The molecule has 0 saturated heterocycles. The second kappa shape index (κ2) is 6.06. The topological polar surface area (TPSA) is 49.8 Å². The Hall–Kier alpha value is -1.55. The van der Waals surface area contributed by atoms with Gasteiger partial charge in [-0.05, 0) is 55.9 Å². The molecule has 0 spiro atoms. The second-order valence-electron chi connectivity index (χ2n) is 6.56. The summed E-state index contributed by atoms with van der Waals surface area (Å²) >= 11 is 0. The molecule has 1 aromatic carbocycles. The van der Waals surface area contributed by atoms with E-state index in [4.69, 9.17) is 4.74 Å². The average molecular weight is 291 g/mol. The van der Waals surface area contributed by atoms with Crippen LogP contribution < -0.4 is 0 Å². The van der Waals surface area contributed by atoms with Crippen molar-refractivity contribution in [2.45, 2.75) is 59.3 Å². The molecule has 0 fully saturated rings. The fourth-order valence-corrected chi connectivity index (χ4v) is 2.71. The lowest BCUT2D eigenvalue weighted by molar-refractivity contribution is 0.0223. The molecule has 1 N–H and O–H groups in total. The minimum Gasteiger partial charge on any atom is -0.444 e. The predicted octanol–water partition coefficient (Wildman–Crippen LogP) is 3.03. The van der Waals surface area contributed by atoms with Crippen LogP contribution in [0.2, 0.25) is 0 Å². The lowest BCUT2D eigenvalue weighted by atomic mass is 9.91. The highest BCUT2D eigenvalue weighted by Crippen LogP contribution is 2.26. The van der Waals surface area contributed by atoms with Crippen LogP contribution in [-0.4, -0.2) is 28.2 Å². The van der Waals surface area contributed by atoms with E-state index in [-0.39, 0.29) is 12.7 Å². The van der Waals surface area contributed by atoms with Crippen LogP contribution in [0.4, 0.5) is 4.79 Å². The van der Waals surface area contributed by atoms with Crippen molar-refractivity contribution in [3.05, 3.63) is 34.4 Å². The monoisotopic (exact) mass is 291 g/mol. The van der Waals surface area contributed by atoms with Crippen LogP contribution in [0.1, 0.15) is 49.9 Å². The molecule has 2 rings (SSSR count).